The van der Waals surface area contributed by atoms with E-state index in [4.69, 9.17) is 21.7 Å². The molecule has 7 heteroatoms. The van der Waals surface area contributed by atoms with Gasteiger partial charge in [-0.1, -0.05) is 18.2 Å². The molecule has 0 saturated carbocycles. The van der Waals surface area contributed by atoms with Gasteiger partial charge < -0.3 is 14.8 Å². The van der Waals surface area contributed by atoms with E-state index < -0.39 is 0 Å². The van der Waals surface area contributed by atoms with E-state index in [9.17, 15) is 4.79 Å². The van der Waals surface area contributed by atoms with Gasteiger partial charge in [-0.2, -0.15) is 0 Å². The van der Waals surface area contributed by atoms with Crippen LogP contribution in [-0.2, 0) is 6.54 Å². The highest BCUT2D eigenvalue weighted by atomic mass is 32.1. The predicted octanol–water partition coefficient (Wildman–Crippen LogP) is 2.01. The summed E-state index contributed by atoms with van der Waals surface area (Å²) >= 11 is 5.13. The molecule has 0 aliphatic carbocycles. The van der Waals surface area contributed by atoms with E-state index >= 15 is 0 Å². The lowest BCUT2D eigenvalue weighted by atomic mass is 10.2. The Morgan fingerprint density at radius 2 is 1.71 bits per heavy atom. The number of thiocarbonyl (C=S) groups is 1. The Kier molecular flexibility index (Phi) is 6.39. The molecule has 0 saturated heterocycles. The molecule has 0 aliphatic heterocycles. The summed E-state index contributed by atoms with van der Waals surface area (Å²) in [5, 5.41) is 3.33. The van der Waals surface area contributed by atoms with Crippen LogP contribution in [0.5, 0.6) is 11.5 Å². The van der Waals surface area contributed by atoms with Crippen molar-refractivity contribution in [3.8, 4) is 11.5 Å². The van der Waals surface area contributed by atoms with Crippen LogP contribution in [0.15, 0.2) is 48.5 Å². The molecule has 126 valence electrons. The molecule has 0 aromatic heterocycles. The van der Waals surface area contributed by atoms with Crippen LogP contribution in [0.2, 0.25) is 0 Å². The predicted molar refractivity (Wildman–Crippen MR) is 96.0 cm³/mol. The van der Waals surface area contributed by atoms with Gasteiger partial charge in [0.15, 0.2) is 5.11 Å². The lowest BCUT2D eigenvalue weighted by molar-refractivity contribution is 0.0943. The SMILES string of the molecule is COc1ccc(CNC(=S)NNC(=O)c2cccc(OC)c2)cc1. The van der Waals surface area contributed by atoms with Gasteiger partial charge in [0.1, 0.15) is 11.5 Å². The van der Waals surface area contributed by atoms with Gasteiger partial charge in [0.2, 0.25) is 0 Å². The molecule has 24 heavy (non-hydrogen) atoms. The van der Waals surface area contributed by atoms with Gasteiger partial charge in [-0.25, -0.2) is 0 Å². The molecule has 0 bridgehead atoms. The average Bonchev–Trinajstić information content (AvgIpc) is 2.64. The summed E-state index contributed by atoms with van der Waals surface area (Å²) in [4.78, 5) is 12.0. The molecule has 0 spiro atoms. The first-order valence-electron chi connectivity index (χ1n) is 7.23. The molecule has 2 aromatic rings. The highest BCUT2D eigenvalue weighted by molar-refractivity contribution is 7.80. The zero-order chi connectivity index (χ0) is 17.4. The summed E-state index contributed by atoms with van der Waals surface area (Å²) in [6.07, 6.45) is 0. The normalized spacial score (nSPS) is 9.75. The monoisotopic (exact) mass is 345 g/mol. The molecule has 0 aliphatic rings. The molecule has 1 amide bonds. The summed E-state index contributed by atoms with van der Waals surface area (Å²) in [6, 6.07) is 14.5. The molecule has 0 fully saturated rings. The molecule has 6 nitrogen and oxygen atoms in total. The summed E-state index contributed by atoms with van der Waals surface area (Å²) in [6.45, 7) is 0.533. The molecular weight excluding hydrogens is 326 g/mol. The number of nitrogens with one attached hydrogen (secondary N) is 3. The fourth-order valence-electron chi connectivity index (χ4n) is 1.92. The molecular formula is C17H19N3O3S. The highest BCUT2D eigenvalue weighted by Gasteiger charge is 2.06. The first-order valence-corrected chi connectivity index (χ1v) is 7.64. The third-order valence-corrected chi connectivity index (χ3v) is 3.48. The van der Waals surface area contributed by atoms with Crippen molar-refractivity contribution in [1.82, 2.24) is 16.2 Å². The number of benzene rings is 2. The zero-order valence-electron chi connectivity index (χ0n) is 13.5. The van der Waals surface area contributed by atoms with Crippen LogP contribution in [0.25, 0.3) is 0 Å². The van der Waals surface area contributed by atoms with E-state index in [0.717, 1.165) is 11.3 Å². The number of methoxy groups -OCH3 is 2. The summed E-state index contributed by atoms with van der Waals surface area (Å²) in [7, 11) is 3.17. The maximum Gasteiger partial charge on any atom is 0.269 e. The van der Waals surface area contributed by atoms with E-state index in [-0.39, 0.29) is 5.91 Å². The molecule has 2 rings (SSSR count). The maximum atomic E-state index is 12.0. The number of carbonyl (C=O) groups is 1. The number of hydrazine groups is 1. The van der Waals surface area contributed by atoms with E-state index in [0.29, 0.717) is 23.0 Å². The van der Waals surface area contributed by atoms with Gasteiger partial charge in [0.25, 0.3) is 5.91 Å². The standard InChI is InChI=1S/C17H19N3O3S/c1-22-14-8-6-12(7-9-14)11-18-17(24)20-19-16(21)13-4-3-5-15(10-13)23-2/h3-10H,11H2,1-2H3,(H,19,21)(H2,18,20,24). The van der Waals surface area contributed by atoms with Gasteiger partial charge in [-0.3, -0.25) is 15.6 Å². The number of hydrogen-bond donors (Lipinski definition) is 3. The van der Waals surface area contributed by atoms with E-state index in [1.54, 1.807) is 38.5 Å². The summed E-state index contributed by atoms with van der Waals surface area (Å²) in [5.74, 6) is 1.11. The number of ether oxygens (including phenoxy) is 2. The molecule has 2 aromatic carbocycles. The quantitative estimate of drug-likeness (QED) is 0.569. The van der Waals surface area contributed by atoms with Crippen molar-refractivity contribution in [2.45, 2.75) is 6.54 Å². The van der Waals surface area contributed by atoms with E-state index in [2.05, 4.69) is 16.2 Å². The minimum atomic E-state index is -0.303. The highest BCUT2D eigenvalue weighted by Crippen LogP contribution is 2.12. The van der Waals surface area contributed by atoms with Crippen molar-refractivity contribution in [2.24, 2.45) is 0 Å². The van der Waals surface area contributed by atoms with Crippen LogP contribution in [0.1, 0.15) is 15.9 Å². The van der Waals surface area contributed by atoms with Gasteiger partial charge in [0.05, 0.1) is 14.2 Å². The lowest BCUT2D eigenvalue weighted by Gasteiger charge is -2.12. The molecule has 0 atom stereocenters. The topological polar surface area (TPSA) is 71.6 Å². The Bertz CT molecular complexity index is 704. The van der Waals surface area contributed by atoms with Crippen molar-refractivity contribution in [3.05, 3.63) is 59.7 Å². The first kappa shape index (κ1) is 17.6. The lowest BCUT2D eigenvalue weighted by Crippen LogP contribution is -2.46. The minimum absolute atomic E-state index is 0.303. The second kappa shape index (κ2) is 8.73. The Morgan fingerprint density at radius 3 is 2.38 bits per heavy atom. The van der Waals surface area contributed by atoms with Crippen LogP contribution in [0, 0.1) is 0 Å². The molecule has 0 heterocycles. The first-order chi connectivity index (χ1) is 11.6. The largest absolute Gasteiger partial charge is 0.497 e. The number of hydrogen-bond acceptors (Lipinski definition) is 4. The Hall–Kier alpha value is -2.80. The van der Waals surface area contributed by atoms with Gasteiger partial charge >= 0.3 is 0 Å². The van der Waals surface area contributed by atoms with Gasteiger partial charge in [-0.05, 0) is 48.1 Å². The smallest absolute Gasteiger partial charge is 0.269 e. The maximum absolute atomic E-state index is 12.0. The minimum Gasteiger partial charge on any atom is -0.497 e. The molecule has 0 unspecified atom stereocenters. The second-order valence-corrected chi connectivity index (χ2v) is 5.25. The Labute approximate surface area is 146 Å². The number of carbonyl (C=O) groups excluding carboxylic acids is 1. The second-order valence-electron chi connectivity index (χ2n) is 4.84. The van der Waals surface area contributed by atoms with Crippen LogP contribution in [-0.4, -0.2) is 25.2 Å². The van der Waals surface area contributed by atoms with Crippen LogP contribution >= 0.6 is 12.2 Å². The van der Waals surface area contributed by atoms with Crippen LogP contribution in [0.3, 0.4) is 0 Å². The molecule has 0 radical (unpaired) electrons. The third kappa shape index (κ3) is 5.13. The van der Waals surface area contributed by atoms with Gasteiger partial charge in [0, 0.05) is 12.1 Å². The Morgan fingerprint density at radius 1 is 1.00 bits per heavy atom. The van der Waals surface area contributed by atoms with Crippen molar-refractivity contribution in [1.29, 1.82) is 0 Å². The average molecular weight is 345 g/mol. The van der Waals surface area contributed by atoms with Crippen LogP contribution in [0.4, 0.5) is 0 Å². The number of amides is 1. The Balaban J connectivity index is 1.78. The van der Waals surface area contributed by atoms with Crippen molar-refractivity contribution in [2.75, 3.05) is 14.2 Å². The van der Waals surface area contributed by atoms with Crippen molar-refractivity contribution in [3.63, 3.8) is 0 Å². The number of rotatable bonds is 5. The van der Waals surface area contributed by atoms with Gasteiger partial charge in [-0.15, -0.1) is 0 Å². The third-order valence-electron chi connectivity index (χ3n) is 3.23. The summed E-state index contributed by atoms with van der Waals surface area (Å²) < 4.78 is 10.2. The van der Waals surface area contributed by atoms with E-state index in [1.807, 2.05) is 24.3 Å². The van der Waals surface area contributed by atoms with Crippen molar-refractivity contribution >= 4 is 23.2 Å². The van der Waals surface area contributed by atoms with E-state index in [1.165, 1.54) is 0 Å². The van der Waals surface area contributed by atoms with Crippen LogP contribution < -0.4 is 25.6 Å². The fraction of sp³-hybridized carbons (Fsp3) is 0.176. The summed E-state index contributed by atoms with van der Waals surface area (Å²) in [5.41, 5.74) is 6.72. The molecule has 3 N–H and O–H groups in total. The van der Waals surface area contributed by atoms with Crippen molar-refractivity contribution < 1.29 is 14.3 Å². The fourth-order valence-corrected chi connectivity index (χ4v) is 2.04. The zero-order valence-corrected chi connectivity index (χ0v) is 14.3.